The molecule has 0 atom stereocenters. The number of nitrogens with zero attached hydrogens (tertiary/aromatic N) is 3. The Hall–Kier alpha value is -2.66. The molecule has 0 saturated carbocycles. The Labute approximate surface area is 123 Å². The van der Waals surface area contributed by atoms with Crippen LogP contribution >= 0.6 is 11.6 Å². The van der Waals surface area contributed by atoms with Crippen LogP contribution in [-0.2, 0) is 0 Å². The van der Waals surface area contributed by atoms with E-state index in [0.717, 1.165) is 5.56 Å². The largest absolute Gasteiger partial charge is 0.281 e. The van der Waals surface area contributed by atoms with Crippen molar-refractivity contribution in [2.75, 3.05) is 0 Å². The van der Waals surface area contributed by atoms with Gasteiger partial charge in [0.05, 0.1) is 10.9 Å². The first-order valence-corrected chi connectivity index (χ1v) is 6.74. The summed E-state index contributed by atoms with van der Waals surface area (Å²) in [6.45, 7) is 0. The number of aromatic amines is 1. The van der Waals surface area contributed by atoms with E-state index in [4.69, 9.17) is 11.6 Å². The first kappa shape index (κ1) is 12.1. The molecule has 0 aliphatic heterocycles. The van der Waals surface area contributed by atoms with Gasteiger partial charge < -0.3 is 0 Å². The summed E-state index contributed by atoms with van der Waals surface area (Å²) in [5, 5.41) is 4.02. The van der Waals surface area contributed by atoms with Crippen molar-refractivity contribution in [3.8, 4) is 11.4 Å². The molecule has 6 heteroatoms. The van der Waals surface area contributed by atoms with Gasteiger partial charge in [0.15, 0.2) is 5.82 Å². The van der Waals surface area contributed by atoms with E-state index in [1.807, 2.05) is 30.3 Å². The Morgan fingerprint density at radius 2 is 1.86 bits per heavy atom. The van der Waals surface area contributed by atoms with Crippen molar-refractivity contribution in [1.29, 1.82) is 0 Å². The predicted octanol–water partition coefficient (Wildman–Crippen LogP) is 2.89. The summed E-state index contributed by atoms with van der Waals surface area (Å²) < 4.78 is 1.35. The zero-order chi connectivity index (χ0) is 14.4. The van der Waals surface area contributed by atoms with Crippen LogP contribution in [0.5, 0.6) is 0 Å². The Morgan fingerprint density at radius 1 is 1.05 bits per heavy atom. The van der Waals surface area contributed by atoms with Crippen LogP contribution in [0.2, 0.25) is 5.02 Å². The maximum absolute atomic E-state index is 12.5. The lowest BCUT2D eigenvalue weighted by Gasteiger charge is -1.97. The molecule has 21 heavy (non-hydrogen) atoms. The lowest BCUT2D eigenvalue weighted by atomic mass is 10.2. The number of nitrogens with one attached hydrogen (secondary N) is 1. The van der Waals surface area contributed by atoms with Crippen LogP contribution in [0.3, 0.4) is 0 Å². The monoisotopic (exact) mass is 296 g/mol. The summed E-state index contributed by atoms with van der Waals surface area (Å²) in [5.41, 5.74) is 1.24. The molecule has 102 valence electrons. The first-order chi connectivity index (χ1) is 10.2. The number of hydrogen-bond acceptors (Lipinski definition) is 3. The Morgan fingerprint density at radius 3 is 2.67 bits per heavy atom. The summed E-state index contributed by atoms with van der Waals surface area (Å²) in [6, 6.07) is 14.6. The zero-order valence-corrected chi connectivity index (χ0v) is 11.5. The molecule has 0 aliphatic carbocycles. The van der Waals surface area contributed by atoms with Crippen molar-refractivity contribution >= 4 is 28.3 Å². The highest BCUT2D eigenvalue weighted by atomic mass is 35.5. The van der Waals surface area contributed by atoms with Crippen molar-refractivity contribution in [3.05, 3.63) is 63.9 Å². The summed E-state index contributed by atoms with van der Waals surface area (Å²) in [7, 11) is 0. The van der Waals surface area contributed by atoms with Gasteiger partial charge in [0.2, 0.25) is 0 Å². The number of benzene rings is 2. The number of aromatic nitrogens is 4. The van der Waals surface area contributed by atoms with Crippen molar-refractivity contribution in [3.63, 3.8) is 0 Å². The zero-order valence-electron chi connectivity index (χ0n) is 10.7. The number of H-pyrrole nitrogens is 1. The molecule has 0 fully saturated rings. The van der Waals surface area contributed by atoms with Crippen molar-refractivity contribution in [1.82, 2.24) is 19.6 Å². The minimum atomic E-state index is -0.193. The molecule has 5 nitrogen and oxygen atoms in total. The van der Waals surface area contributed by atoms with Crippen LogP contribution in [-0.4, -0.2) is 19.6 Å². The van der Waals surface area contributed by atoms with Crippen molar-refractivity contribution in [2.45, 2.75) is 0 Å². The summed E-state index contributed by atoms with van der Waals surface area (Å²) in [4.78, 5) is 21.2. The minimum absolute atomic E-state index is 0.193. The summed E-state index contributed by atoms with van der Waals surface area (Å²) in [6.07, 6.45) is 0. The molecule has 0 saturated heterocycles. The molecule has 0 radical (unpaired) electrons. The second-order valence-electron chi connectivity index (χ2n) is 4.65. The third-order valence-electron chi connectivity index (χ3n) is 3.29. The van der Waals surface area contributed by atoms with E-state index in [1.165, 1.54) is 4.52 Å². The molecule has 4 aromatic rings. The van der Waals surface area contributed by atoms with Crippen molar-refractivity contribution < 1.29 is 0 Å². The van der Waals surface area contributed by atoms with E-state index in [1.54, 1.807) is 18.2 Å². The number of fused-ring (bicyclic) bond motifs is 2. The molecular weight excluding hydrogens is 288 g/mol. The molecule has 0 spiro atoms. The normalized spacial score (nSPS) is 11.3. The van der Waals surface area contributed by atoms with Crippen LogP contribution in [0.4, 0.5) is 0 Å². The van der Waals surface area contributed by atoms with E-state index < -0.39 is 0 Å². The SMILES string of the molecule is O=c1c2ccc(Cl)cc2nc2nc(-c3ccccc3)[nH]n12. The summed E-state index contributed by atoms with van der Waals surface area (Å²) in [5.74, 6) is 0.926. The second kappa shape index (κ2) is 4.43. The van der Waals surface area contributed by atoms with Gasteiger partial charge in [0, 0.05) is 10.6 Å². The van der Waals surface area contributed by atoms with Gasteiger partial charge in [0.25, 0.3) is 11.3 Å². The fourth-order valence-electron chi connectivity index (χ4n) is 2.28. The van der Waals surface area contributed by atoms with Gasteiger partial charge in [-0.2, -0.15) is 9.50 Å². The topological polar surface area (TPSA) is 63.0 Å². The molecule has 2 aromatic carbocycles. The van der Waals surface area contributed by atoms with Gasteiger partial charge in [-0.3, -0.25) is 9.89 Å². The molecule has 0 bridgehead atoms. The van der Waals surface area contributed by atoms with Gasteiger partial charge in [-0.1, -0.05) is 41.9 Å². The van der Waals surface area contributed by atoms with E-state index in [-0.39, 0.29) is 5.56 Å². The molecule has 2 heterocycles. The van der Waals surface area contributed by atoms with Gasteiger partial charge >= 0.3 is 0 Å². The van der Waals surface area contributed by atoms with E-state index in [2.05, 4.69) is 15.1 Å². The fourth-order valence-corrected chi connectivity index (χ4v) is 2.45. The van der Waals surface area contributed by atoms with Crippen LogP contribution in [0.1, 0.15) is 0 Å². The summed E-state index contributed by atoms with van der Waals surface area (Å²) >= 11 is 5.95. The first-order valence-electron chi connectivity index (χ1n) is 6.36. The number of halogens is 1. The second-order valence-corrected chi connectivity index (χ2v) is 5.09. The van der Waals surface area contributed by atoms with Gasteiger partial charge in [-0.15, -0.1) is 0 Å². The molecule has 1 N–H and O–H groups in total. The molecular formula is C15H9ClN4O. The Bertz CT molecular complexity index is 1020. The Kier molecular flexibility index (Phi) is 2.55. The van der Waals surface area contributed by atoms with Gasteiger partial charge in [-0.05, 0) is 18.2 Å². The third-order valence-corrected chi connectivity index (χ3v) is 3.53. The maximum Gasteiger partial charge on any atom is 0.281 e. The highest BCUT2D eigenvalue weighted by molar-refractivity contribution is 6.31. The molecule has 4 rings (SSSR count). The van der Waals surface area contributed by atoms with Crippen LogP contribution in [0.15, 0.2) is 53.3 Å². The van der Waals surface area contributed by atoms with Crippen molar-refractivity contribution in [2.24, 2.45) is 0 Å². The van der Waals surface area contributed by atoms with E-state index in [0.29, 0.717) is 27.5 Å². The number of hydrogen-bond donors (Lipinski definition) is 1. The van der Waals surface area contributed by atoms with Gasteiger partial charge in [0.1, 0.15) is 0 Å². The van der Waals surface area contributed by atoms with Crippen LogP contribution in [0.25, 0.3) is 28.1 Å². The predicted molar refractivity (Wildman–Crippen MR) is 81.6 cm³/mol. The molecule has 0 unspecified atom stereocenters. The quantitative estimate of drug-likeness (QED) is 0.587. The average molecular weight is 297 g/mol. The lowest BCUT2D eigenvalue weighted by molar-refractivity contribution is 0.919. The van der Waals surface area contributed by atoms with Crippen LogP contribution < -0.4 is 5.56 Å². The fraction of sp³-hybridized carbons (Fsp3) is 0. The highest BCUT2D eigenvalue weighted by Crippen LogP contribution is 2.17. The van der Waals surface area contributed by atoms with E-state index >= 15 is 0 Å². The molecule has 2 aromatic heterocycles. The standard InChI is InChI=1S/C15H9ClN4O/c16-10-6-7-11-12(8-10)17-15-18-13(19-20(15)14(11)21)9-4-2-1-3-5-9/h1-8H,(H,17,18,19). The number of rotatable bonds is 1. The molecule has 0 aliphatic rings. The highest BCUT2D eigenvalue weighted by Gasteiger charge is 2.11. The lowest BCUT2D eigenvalue weighted by Crippen LogP contribution is -2.15. The van der Waals surface area contributed by atoms with Gasteiger partial charge in [-0.25, -0.2) is 4.98 Å². The van der Waals surface area contributed by atoms with E-state index in [9.17, 15) is 4.79 Å². The average Bonchev–Trinajstić information content (AvgIpc) is 2.92. The molecule has 0 amide bonds. The third kappa shape index (κ3) is 1.90. The smallest absolute Gasteiger partial charge is 0.271 e. The maximum atomic E-state index is 12.5. The minimum Gasteiger partial charge on any atom is -0.271 e. The Balaban J connectivity index is 2.06. The van der Waals surface area contributed by atoms with Crippen LogP contribution in [0, 0.1) is 0 Å².